The second-order valence-electron chi connectivity index (χ2n) is 12.0. The van der Waals surface area contributed by atoms with Gasteiger partial charge in [-0.2, -0.15) is 0 Å². The fraction of sp³-hybridized carbons (Fsp3) is 0.364. The molecule has 3 aliphatic rings. The minimum Gasteiger partial charge on any atom is -0.361 e. The van der Waals surface area contributed by atoms with Crippen molar-refractivity contribution in [3.8, 4) is 0 Å². The molecule has 43 heavy (non-hydrogen) atoms. The first kappa shape index (κ1) is 27.8. The molecule has 7 rings (SSSR count). The summed E-state index contributed by atoms with van der Waals surface area (Å²) in [7, 11) is -3.49. The van der Waals surface area contributed by atoms with E-state index in [1.54, 1.807) is 0 Å². The first-order valence-electron chi connectivity index (χ1n) is 15.0. The number of aromatic nitrogens is 1. The normalized spacial score (nSPS) is 20.9. The minimum atomic E-state index is -3.49. The fourth-order valence-corrected chi connectivity index (χ4v) is 8.32. The molecule has 3 aliphatic heterocycles. The van der Waals surface area contributed by atoms with E-state index >= 15 is 0 Å². The van der Waals surface area contributed by atoms with Gasteiger partial charge in [0.25, 0.3) is 11.8 Å². The van der Waals surface area contributed by atoms with Gasteiger partial charge in [-0.3, -0.25) is 14.6 Å². The van der Waals surface area contributed by atoms with E-state index in [9.17, 15) is 18.0 Å². The van der Waals surface area contributed by atoms with Crippen LogP contribution in [0.15, 0.2) is 77.9 Å². The number of rotatable bonds is 6. The Balaban J connectivity index is 0.997. The van der Waals surface area contributed by atoms with Crippen LogP contribution >= 0.6 is 0 Å². The maximum absolute atomic E-state index is 13.3. The number of benzene rings is 3. The number of amides is 2. The second kappa shape index (κ2) is 10.9. The van der Waals surface area contributed by atoms with Gasteiger partial charge in [-0.15, -0.1) is 0 Å². The predicted molar refractivity (Wildman–Crippen MR) is 167 cm³/mol. The second-order valence-corrected chi connectivity index (χ2v) is 14.0. The largest absolute Gasteiger partial charge is 0.361 e. The molecule has 1 unspecified atom stereocenters. The third kappa shape index (κ3) is 5.23. The fourth-order valence-electron chi connectivity index (χ4n) is 6.84. The number of H-pyrrole nitrogens is 1. The van der Waals surface area contributed by atoms with E-state index < -0.39 is 15.6 Å². The van der Waals surface area contributed by atoms with Gasteiger partial charge in [-0.25, -0.2) is 12.7 Å². The molecule has 1 atom stereocenters. The summed E-state index contributed by atoms with van der Waals surface area (Å²) in [6.07, 6.45) is 4.66. The van der Waals surface area contributed by atoms with Crippen molar-refractivity contribution in [2.24, 2.45) is 10.9 Å². The highest BCUT2D eigenvalue weighted by Crippen LogP contribution is 2.34. The van der Waals surface area contributed by atoms with Gasteiger partial charge in [-0.05, 0) is 72.7 Å². The van der Waals surface area contributed by atoms with E-state index in [1.165, 1.54) is 4.31 Å². The summed E-state index contributed by atoms with van der Waals surface area (Å²) >= 11 is 0. The maximum Gasteiger partial charge on any atom is 0.253 e. The molecule has 2 saturated heterocycles. The van der Waals surface area contributed by atoms with Gasteiger partial charge in [0, 0.05) is 54.8 Å². The van der Waals surface area contributed by atoms with Crippen LogP contribution in [0, 0.1) is 5.92 Å². The van der Waals surface area contributed by atoms with E-state index in [-0.39, 0.29) is 36.6 Å². The van der Waals surface area contributed by atoms with Crippen LogP contribution in [0.25, 0.3) is 21.7 Å². The summed E-state index contributed by atoms with van der Waals surface area (Å²) < 4.78 is 28.2. The molecule has 10 heteroatoms. The average Bonchev–Trinajstić information content (AvgIpc) is 3.64. The number of nitrogens with zero attached hydrogens (tertiary/aromatic N) is 3. The Labute approximate surface area is 251 Å². The van der Waals surface area contributed by atoms with E-state index in [1.807, 2.05) is 77.8 Å². The van der Waals surface area contributed by atoms with Crippen molar-refractivity contribution in [3.05, 3.63) is 84.1 Å². The molecule has 4 heterocycles. The molecule has 2 amide bonds. The molecule has 2 fully saturated rings. The Kier molecular flexibility index (Phi) is 7.05. The van der Waals surface area contributed by atoms with Crippen LogP contribution in [-0.4, -0.2) is 77.7 Å². The third-order valence-corrected chi connectivity index (χ3v) is 11.2. The highest BCUT2D eigenvalue weighted by molar-refractivity contribution is 7.89. The van der Waals surface area contributed by atoms with Crippen LogP contribution in [-0.2, 0) is 21.2 Å². The Morgan fingerprint density at radius 3 is 2.65 bits per heavy atom. The molecule has 4 aromatic rings. The molecule has 9 nitrogen and oxygen atoms in total. The number of sulfonamides is 1. The first-order valence-corrected chi connectivity index (χ1v) is 16.6. The molecular weight excluding hydrogens is 562 g/mol. The topological polar surface area (TPSA) is 115 Å². The summed E-state index contributed by atoms with van der Waals surface area (Å²) in [5, 5.41) is 6.19. The van der Waals surface area contributed by atoms with Crippen LogP contribution < -0.4 is 5.32 Å². The lowest BCUT2D eigenvalue weighted by Gasteiger charge is -2.35. The number of piperidine rings is 2. The van der Waals surface area contributed by atoms with Crippen molar-refractivity contribution in [3.63, 3.8) is 0 Å². The number of aromatic amines is 1. The number of fused-ring (bicyclic) bond motifs is 2. The summed E-state index contributed by atoms with van der Waals surface area (Å²) in [6.45, 7) is 1.68. The summed E-state index contributed by atoms with van der Waals surface area (Å²) in [5.74, 6) is 0.430. The standard InChI is InChI=1S/C33H35N5O4S/c39-31(26-10-11-29-25(21-26)12-16-34-29)37-17-4-8-27(22-37)30-35-32(40)33(36-30)14-18-38(19-15-33)43(41,42)20-13-24-7-3-6-23-5-1-2-9-28(23)24/h1-3,5-7,9-12,16,21,27,34H,4,8,13-15,17-20,22H2,(H,35,36,40). The van der Waals surface area contributed by atoms with Gasteiger partial charge in [-0.1, -0.05) is 42.5 Å². The molecule has 3 aromatic carbocycles. The Morgan fingerprint density at radius 1 is 0.977 bits per heavy atom. The zero-order chi connectivity index (χ0) is 29.6. The highest BCUT2D eigenvalue weighted by atomic mass is 32.2. The summed E-state index contributed by atoms with van der Waals surface area (Å²) in [4.78, 5) is 36.5. The zero-order valence-electron chi connectivity index (χ0n) is 24.0. The molecule has 2 N–H and O–H groups in total. The molecule has 0 radical (unpaired) electrons. The number of amidine groups is 1. The number of nitrogens with one attached hydrogen (secondary N) is 2. The molecular formula is C33H35N5O4S. The monoisotopic (exact) mass is 597 g/mol. The number of aliphatic imine (C=N–C) groups is 1. The van der Waals surface area contributed by atoms with Crippen molar-refractivity contribution in [1.29, 1.82) is 0 Å². The summed E-state index contributed by atoms with van der Waals surface area (Å²) in [6, 6.07) is 21.6. The van der Waals surface area contributed by atoms with Crippen LogP contribution in [0.2, 0.25) is 0 Å². The lowest BCUT2D eigenvalue weighted by Crippen LogP contribution is -2.51. The molecule has 0 saturated carbocycles. The lowest BCUT2D eigenvalue weighted by molar-refractivity contribution is -0.125. The Morgan fingerprint density at radius 2 is 1.79 bits per heavy atom. The molecule has 222 valence electrons. The van der Waals surface area contributed by atoms with Crippen molar-refractivity contribution in [1.82, 2.24) is 19.5 Å². The lowest BCUT2D eigenvalue weighted by atomic mass is 9.89. The quantitative estimate of drug-likeness (QED) is 0.348. The first-order chi connectivity index (χ1) is 20.8. The van der Waals surface area contributed by atoms with Crippen LogP contribution in [0.3, 0.4) is 0 Å². The van der Waals surface area contributed by atoms with Crippen molar-refractivity contribution < 1.29 is 18.0 Å². The van der Waals surface area contributed by atoms with E-state index in [2.05, 4.69) is 10.3 Å². The van der Waals surface area contributed by atoms with Crippen molar-refractivity contribution >= 4 is 49.3 Å². The number of hydrogen-bond acceptors (Lipinski definition) is 5. The minimum absolute atomic E-state index is 0.0190. The average molecular weight is 598 g/mol. The van der Waals surface area contributed by atoms with Crippen molar-refractivity contribution in [2.75, 3.05) is 31.9 Å². The zero-order valence-corrected chi connectivity index (χ0v) is 24.8. The van der Waals surface area contributed by atoms with Gasteiger partial charge >= 0.3 is 0 Å². The number of hydrogen-bond donors (Lipinski definition) is 2. The number of likely N-dealkylation sites (tertiary alicyclic amines) is 1. The van der Waals surface area contributed by atoms with Gasteiger partial charge in [0.15, 0.2) is 0 Å². The van der Waals surface area contributed by atoms with Crippen LogP contribution in [0.1, 0.15) is 41.6 Å². The van der Waals surface area contributed by atoms with Gasteiger partial charge in [0.05, 0.1) is 5.75 Å². The van der Waals surface area contributed by atoms with E-state index in [0.29, 0.717) is 43.8 Å². The third-order valence-electron chi connectivity index (χ3n) is 9.35. The van der Waals surface area contributed by atoms with E-state index in [4.69, 9.17) is 4.99 Å². The maximum atomic E-state index is 13.3. The SMILES string of the molecule is O=C(c1ccc2[nH]ccc2c1)N1CCCC(C2=NC3(CCN(S(=O)(=O)CCc4cccc5ccccc45)CC3)C(=O)N2)C1. The number of carbonyl (C=O) groups is 2. The van der Waals surface area contributed by atoms with Gasteiger partial charge in [0.1, 0.15) is 11.4 Å². The molecule has 1 spiro atoms. The Bertz CT molecular complexity index is 1850. The van der Waals surface area contributed by atoms with Gasteiger partial charge < -0.3 is 15.2 Å². The number of carbonyl (C=O) groups excluding carboxylic acids is 2. The highest BCUT2D eigenvalue weighted by Gasteiger charge is 2.48. The van der Waals surface area contributed by atoms with Crippen LogP contribution in [0.5, 0.6) is 0 Å². The molecule has 0 bridgehead atoms. The van der Waals surface area contributed by atoms with E-state index in [0.717, 1.165) is 40.1 Å². The molecule has 1 aromatic heterocycles. The van der Waals surface area contributed by atoms with Gasteiger partial charge in [0.2, 0.25) is 10.0 Å². The summed E-state index contributed by atoms with van der Waals surface area (Å²) in [5.41, 5.74) is 1.72. The molecule has 0 aliphatic carbocycles. The van der Waals surface area contributed by atoms with Crippen LogP contribution in [0.4, 0.5) is 0 Å². The van der Waals surface area contributed by atoms with Crippen molar-refractivity contribution in [2.45, 2.75) is 37.6 Å². The predicted octanol–water partition coefficient (Wildman–Crippen LogP) is 4.11. The smallest absolute Gasteiger partial charge is 0.253 e. The number of aryl methyl sites for hydroxylation is 1. The Hall–Kier alpha value is -4.02.